The van der Waals surface area contributed by atoms with Gasteiger partial charge in [0.2, 0.25) is 0 Å². The summed E-state index contributed by atoms with van der Waals surface area (Å²) < 4.78 is 79.6. The Morgan fingerprint density at radius 1 is 0.839 bits per heavy atom. The maximum absolute atomic E-state index is 12.5. The van der Waals surface area contributed by atoms with E-state index >= 15 is 0 Å². The molecule has 10 nitrogen and oxygen atoms in total. The number of benzene rings is 2. The summed E-state index contributed by atoms with van der Waals surface area (Å²) in [6, 6.07) is 10.3. The molecule has 0 spiro atoms. The van der Waals surface area contributed by atoms with Gasteiger partial charge in [-0.25, -0.2) is 16.8 Å². The van der Waals surface area contributed by atoms with E-state index < -0.39 is 47.9 Å². The van der Waals surface area contributed by atoms with Gasteiger partial charge < -0.3 is 16.2 Å². The number of aliphatic hydroxyl groups is 1. The van der Waals surface area contributed by atoms with Gasteiger partial charge in [-0.05, 0) is 42.3 Å². The van der Waals surface area contributed by atoms with Crippen LogP contribution in [0.2, 0.25) is 0 Å². The lowest BCUT2D eigenvalue weighted by molar-refractivity contribution is 0.319. The van der Waals surface area contributed by atoms with Crippen molar-refractivity contribution in [2.24, 2.45) is 0 Å². The van der Waals surface area contributed by atoms with Gasteiger partial charge in [-0.1, -0.05) is 12.1 Å². The normalized spacial score (nSPS) is 12.6. The Morgan fingerprint density at radius 3 is 2.06 bits per heavy atom. The average Bonchev–Trinajstić information content (AvgIpc) is 2.67. The van der Waals surface area contributed by atoms with Crippen molar-refractivity contribution in [2.75, 3.05) is 41.5 Å². The van der Waals surface area contributed by atoms with Crippen LogP contribution in [0.5, 0.6) is 0 Å². The summed E-state index contributed by atoms with van der Waals surface area (Å²) in [4.78, 5) is -0.0781. The Labute approximate surface area is 181 Å². The maximum Gasteiger partial charge on any atom is 0.265 e. The van der Waals surface area contributed by atoms with Crippen LogP contribution in [0.1, 0.15) is 5.56 Å². The lowest BCUT2D eigenvalue weighted by atomic mass is 10.1. The highest BCUT2D eigenvalue weighted by Crippen LogP contribution is 2.25. The van der Waals surface area contributed by atoms with Crippen LogP contribution in [0.15, 0.2) is 52.3 Å². The summed E-state index contributed by atoms with van der Waals surface area (Å²) in [7, 11) is -12.0. The van der Waals surface area contributed by atoms with Gasteiger partial charge in [-0.15, -0.1) is 0 Å². The molecule has 0 bridgehead atoms. The van der Waals surface area contributed by atoms with Gasteiger partial charge in [0.25, 0.3) is 10.1 Å². The van der Waals surface area contributed by atoms with Crippen molar-refractivity contribution in [3.05, 3.63) is 48.0 Å². The Bertz CT molecular complexity index is 1220. The first-order chi connectivity index (χ1) is 14.3. The van der Waals surface area contributed by atoms with Gasteiger partial charge >= 0.3 is 0 Å². The van der Waals surface area contributed by atoms with Crippen molar-refractivity contribution in [1.82, 2.24) is 0 Å². The minimum Gasteiger partial charge on any atom is -0.399 e. The van der Waals surface area contributed by atoms with E-state index in [9.17, 15) is 25.3 Å². The van der Waals surface area contributed by atoms with Crippen molar-refractivity contribution in [3.8, 4) is 0 Å². The summed E-state index contributed by atoms with van der Waals surface area (Å²) in [6.07, 6.45) is 0.440. The van der Waals surface area contributed by atoms with Crippen molar-refractivity contribution in [2.45, 2.75) is 16.2 Å². The number of anilines is 2. The molecule has 5 N–H and O–H groups in total. The molecule has 172 valence electrons. The van der Waals surface area contributed by atoms with Crippen LogP contribution < -0.4 is 11.1 Å². The van der Waals surface area contributed by atoms with Crippen LogP contribution in [0, 0.1) is 0 Å². The highest BCUT2D eigenvalue weighted by molar-refractivity contribution is 7.93. The Hall–Kier alpha value is -2.19. The molecule has 0 aromatic heterocycles. The molecule has 0 aliphatic heterocycles. The molecule has 0 unspecified atom stereocenters. The van der Waals surface area contributed by atoms with Crippen LogP contribution in [0.3, 0.4) is 0 Å². The molecule has 0 atom stereocenters. The van der Waals surface area contributed by atoms with Crippen LogP contribution in [0.4, 0.5) is 11.4 Å². The molecule has 13 heteroatoms. The van der Waals surface area contributed by atoms with E-state index in [-0.39, 0.29) is 26.9 Å². The molecule has 31 heavy (non-hydrogen) atoms. The number of hydrogen-bond acceptors (Lipinski definition) is 9. The van der Waals surface area contributed by atoms with Crippen LogP contribution >= 0.6 is 0 Å². The number of nitrogen functional groups attached to an aromatic ring is 1. The first-order valence-corrected chi connectivity index (χ1v) is 14.0. The highest BCUT2D eigenvalue weighted by atomic mass is 32.2. The number of rotatable bonds is 11. The van der Waals surface area contributed by atoms with E-state index in [1.54, 1.807) is 12.1 Å². The summed E-state index contributed by atoms with van der Waals surface area (Å²) >= 11 is 0. The Balaban J connectivity index is 2.11. The quantitative estimate of drug-likeness (QED) is 0.252. The number of nitrogens with one attached hydrogen (secondary N) is 1. The zero-order chi connectivity index (χ0) is 23.3. The molecule has 2 rings (SSSR count). The van der Waals surface area contributed by atoms with Crippen LogP contribution in [0.25, 0.3) is 0 Å². The van der Waals surface area contributed by atoms with Gasteiger partial charge in [0.15, 0.2) is 19.7 Å². The van der Waals surface area contributed by atoms with Gasteiger partial charge in [0.1, 0.15) is 0 Å². The van der Waals surface area contributed by atoms with Crippen molar-refractivity contribution >= 4 is 41.2 Å². The molecule has 0 heterocycles. The minimum atomic E-state index is -4.45. The molecule has 2 aromatic carbocycles. The Kier molecular flexibility index (Phi) is 8.05. The molecule has 0 fully saturated rings. The predicted molar refractivity (Wildman–Crippen MR) is 117 cm³/mol. The van der Waals surface area contributed by atoms with Crippen molar-refractivity contribution < 1.29 is 34.9 Å². The van der Waals surface area contributed by atoms with Gasteiger partial charge in [-0.2, -0.15) is 8.42 Å². The molecule has 0 aliphatic rings. The summed E-state index contributed by atoms with van der Waals surface area (Å²) in [5.74, 6) is -2.09. The van der Waals surface area contributed by atoms with E-state index in [1.807, 2.05) is 0 Å². The molecule has 0 radical (unpaired) electrons. The second-order valence-corrected chi connectivity index (χ2v) is 12.5. The fourth-order valence-electron chi connectivity index (χ4n) is 2.71. The van der Waals surface area contributed by atoms with E-state index in [1.165, 1.54) is 30.3 Å². The highest BCUT2D eigenvalue weighted by Gasteiger charge is 2.22. The maximum atomic E-state index is 12.5. The fraction of sp³-hybridized carbons (Fsp3) is 0.333. The van der Waals surface area contributed by atoms with E-state index in [4.69, 9.17) is 15.4 Å². The molecule has 0 saturated carbocycles. The number of aliphatic hydroxyl groups excluding tert-OH is 1. The largest absolute Gasteiger partial charge is 0.399 e. The van der Waals surface area contributed by atoms with Crippen LogP contribution in [-0.4, -0.2) is 65.3 Å². The van der Waals surface area contributed by atoms with E-state index in [0.29, 0.717) is 13.0 Å². The SMILES string of the molecule is Nc1ccc(NCCc2ccc(S(=O)(=O)CCO)cc2)c(S(=O)(=O)CCS(=O)(=O)O)c1. The molecule has 0 aliphatic carbocycles. The first kappa shape index (κ1) is 25.1. The first-order valence-electron chi connectivity index (χ1n) is 9.08. The molecular weight excluding hydrogens is 468 g/mol. The molecular formula is C18H24N2O8S3. The zero-order valence-electron chi connectivity index (χ0n) is 16.4. The zero-order valence-corrected chi connectivity index (χ0v) is 18.9. The van der Waals surface area contributed by atoms with Gasteiger partial charge in [0.05, 0.1) is 39.3 Å². The summed E-state index contributed by atoms with van der Waals surface area (Å²) in [5, 5.41) is 11.8. The third kappa shape index (κ3) is 7.47. The standard InChI is InChI=1S/C18H24N2O8S3/c19-15-3-6-17(18(13-15)30(24,25)11-12-31(26,27)28)20-8-7-14-1-4-16(5-2-14)29(22,23)10-9-21/h1-6,13,20-21H,7-12,19H2,(H,26,27,28). The average molecular weight is 493 g/mol. The third-order valence-corrected chi connectivity index (χ3v) is 8.76. The fourth-order valence-corrected chi connectivity index (χ4v) is 6.47. The van der Waals surface area contributed by atoms with Gasteiger partial charge in [-0.3, -0.25) is 4.55 Å². The van der Waals surface area contributed by atoms with Crippen molar-refractivity contribution in [1.29, 1.82) is 0 Å². The summed E-state index contributed by atoms with van der Waals surface area (Å²) in [5.41, 5.74) is 6.87. The third-order valence-electron chi connectivity index (χ3n) is 4.32. The molecule has 0 amide bonds. The Morgan fingerprint density at radius 2 is 1.48 bits per heavy atom. The monoisotopic (exact) mass is 492 g/mol. The predicted octanol–water partition coefficient (Wildman–Crippen LogP) is 0.351. The van der Waals surface area contributed by atoms with Crippen LogP contribution in [-0.2, 0) is 36.2 Å². The summed E-state index contributed by atoms with van der Waals surface area (Å²) in [6.45, 7) is -0.168. The molecule has 2 aromatic rings. The van der Waals surface area contributed by atoms with E-state index in [0.717, 1.165) is 5.56 Å². The molecule has 0 saturated heterocycles. The smallest absolute Gasteiger partial charge is 0.265 e. The van der Waals surface area contributed by atoms with Crippen molar-refractivity contribution in [3.63, 3.8) is 0 Å². The minimum absolute atomic E-state index is 0.101. The van der Waals surface area contributed by atoms with E-state index in [2.05, 4.69) is 5.32 Å². The van der Waals surface area contributed by atoms with Gasteiger partial charge in [0, 0.05) is 12.2 Å². The lowest BCUT2D eigenvalue weighted by Gasteiger charge is -2.13. The topological polar surface area (TPSA) is 181 Å². The second kappa shape index (κ2) is 9.96. The number of nitrogens with two attached hydrogens (primary N) is 1. The lowest BCUT2D eigenvalue weighted by Crippen LogP contribution is -2.18. The second-order valence-electron chi connectivity index (χ2n) is 6.72. The number of sulfone groups is 2. The number of hydrogen-bond donors (Lipinski definition) is 4.